The molecule has 1 fully saturated rings. The zero-order valence-electron chi connectivity index (χ0n) is 21.3. The van der Waals surface area contributed by atoms with Crippen molar-refractivity contribution in [3.8, 4) is 11.5 Å². The number of amides is 4. The van der Waals surface area contributed by atoms with Gasteiger partial charge in [-0.25, -0.2) is 9.78 Å². The number of nitrogens with zero attached hydrogens (tertiary/aromatic N) is 4. The molecule has 0 bridgehead atoms. The molecule has 1 saturated heterocycles. The second-order valence-corrected chi connectivity index (χ2v) is 10.5. The van der Waals surface area contributed by atoms with Gasteiger partial charge < -0.3 is 20.5 Å². The Kier molecular flexibility index (Phi) is 6.45. The van der Waals surface area contributed by atoms with Gasteiger partial charge in [0, 0.05) is 19.3 Å². The predicted octanol–water partition coefficient (Wildman–Crippen LogP) is 4.41. The highest BCUT2D eigenvalue weighted by atomic mass is 32.1. The number of primary amides is 1. The molecule has 2 aliphatic heterocycles. The molecule has 2 atom stereocenters. The van der Waals surface area contributed by atoms with E-state index in [-0.39, 0.29) is 30.3 Å². The number of carbonyl (C=O) groups is 3. The molecule has 0 saturated carbocycles. The number of benzene rings is 2. The Bertz CT molecular complexity index is 1640. The van der Waals surface area contributed by atoms with Crippen molar-refractivity contribution >= 4 is 56.5 Å². The molecule has 11 heteroatoms. The second kappa shape index (κ2) is 10.1. The average molecular weight is 556 g/mol. The molecule has 4 amide bonds. The first-order valence-corrected chi connectivity index (χ1v) is 13.4. The van der Waals surface area contributed by atoms with Crippen LogP contribution in [0.2, 0.25) is 0 Å². The first-order chi connectivity index (χ1) is 19.4. The minimum Gasteiger partial charge on any atom is -0.457 e. The maximum absolute atomic E-state index is 14.4. The molecule has 4 heterocycles. The van der Waals surface area contributed by atoms with E-state index in [0.29, 0.717) is 38.8 Å². The minimum absolute atomic E-state index is 0.121. The van der Waals surface area contributed by atoms with Crippen molar-refractivity contribution in [3.63, 3.8) is 0 Å². The number of aliphatic hydroxyl groups is 1. The lowest BCUT2D eigenvalue weighted by atomic mass is 9.98. The Morgan fingerprint density at radius 3 is 2.50 bits per heavy atom. The van der Waals surface area contributed by atoms with E-state index >= 15 is 0 Å². The third-order valence-electron chi connectivity index (χ3n) is 6.98. The predicted molar refractivity (Wildman–Crippen MR) is 152 cm³/mol. The summed E-state index contributed by atoms with van der Waals surface area (Å²) in [7, 11) is 0. The molecular formula is C29H25N5O5S. The molecule has 4 aromatic rings. The van der Waals surface area contributed by atoms with Crippen molar-refractivity contribution in [2.45, 2.75) is 18.6 Å². The Labute approximate surface area is 233 Å². The smallest absolute Gasteiger partial charge is 0.333 e. The van der Waals surface area contributed by atoms with Gasteiger partial charge in [0.25, 0.3) is 5.91 Å². The molecule has 2 aromatic heterocycles. The lowest BCUT2D eigenvalue weighted by Crippen LogP contribution is -2.58. The summed E-state index contributed by atoms with van der Waals surface area (Å²) < 4.78 is 5.92. The van der Waals surface area contributed by atoms with Crippen LogP contribution in [0.25, 0.3) is 10.2 Å². The van der Waals surface area contributed by atoms with Crippen LogP contribution >= 0.6 is 11.3 Å². The summed E-state index contributed by atoms with van der Waals surface area (Å²) in [5, 5.41) is 11.3. The number of rotatable bonds is 6. The standard InChI is InChI=1S/C29H25N5O5S/c1-2-23(36)32-15-18(14-19(35)16-32)34-25-24-22(12-13-31-28(24)40-26(25)27(30)37)33(29(34)38)17-8-10-21(11-9-17)39-20-6-4-3-5-7-20/h2-13,18-19,35H,1,14-16H2,(H2,30,37)/t18-,19-/m1/s1. The number of nitrogens with two attached hydrogens (primary N) is 1. The Balaban J connectivity index is 1.46. The first kappa shape index (κ1) is 25.5. The number of hydrogen-bond acceptors (Lipinski definition) is 7. The van der Waals surface area contributed by atoms with Crippen molar-refractivity contribution in [2.24, 2.45) is 5.73 Å². The van der Waals surface area contributed by atoms with Crippen LogP contribution < -0.4 is 20.3 Å². The summed E-state index contributed by atoms with van der Waals surface area (Å²) in [6, 6.07) is 17.1. The number of carbonyl (C=O) groups excluding carboxylic acids is 3. The molecule has 3 N–H and O–H groups in total. The molecule has 2 aromatic carbocycles. The zero-order valence-corrected chi connectivity index (χ0v) is 22.1. The number of anilines is 3. The monoisotopic (exact) mass is 555 g/mol. The molecule has 0 radical (unpaired) electrons. The van der Waals surface area contributed by atoms with Gasteiger partial charge in [0.1, 0.15) is 21.2 Å². The highest BCUT2D eigenvalue weighted by molar-refractivity contribution is 7.21. The van der Waals surface area contributed by atoms with E-state index in [1.165, 1.54) is 15.9 Å². The fourth-order valence-electron chi connectivity index (χ4n) is 5.30. The first-order valence-electron chi connectivity index (χ1n) is 12.6. The van der Waals surface area contributed by atoms with E-state index < -0.39 is 24.1 Å². The number of β-amino-alcohol motifs (C(OH)–C–C–N with tert-alkyl or cyclic N) is 1. The fourth-order valence-corrected chi connectivity index (χ4v) is 6.31. The fraction of sp³-hybridized carbons (Fsp3) is 0.172. The maximum atomic E-state index is 14.4. The lowest BCUT2D eigenvalue weighted by Gasteiger charge is -2.44. The van der Waals surface area contributed by atoms with Crippen LogP contribution in [0.1, 0.15) is 16.1 Å². The molecule has 0 unspecified atom stereocenters. The quantitative estimate of drug-likeness (QED) is 0.339. The lowest BCUT2D eigenvalue weighted by molar-refractivity contribution is -0.129. The van der Waals surface area contributed by atoms with Crippen molar-refractivity contribution in [1.82, 2.24) is 9.88 Å². The normalized spacial score (nSPS) is 18.6. The number of para-hydroxylation sites is 1. The van der Waals surface area contributed by atoms with Crippen molar-refractivity contribution in [2.75, 3.05) is 22.9 Å². The third kappa shape index (κ3) is 4.34. The topological polar surface area (TPSA) is 129 Å². The van der Waals surface area contributed by atoms with Crippen molar-refractivity contribution < 1.29 is 24.2 Å². The average Bonchev–Trinajstić information content (AvgIpc) is 3.34. The van der Waals surface area contributed by atoms with Crippen LogP contribution in [0.5, 0.6) is 11.5 Å². The number of aromatic nitrogens is 1. The number of urea groups is 1. The van der Waals surface area contributed by atoms with Gasteiger partial charge in [-0.15, -0.1) is 11.3 Å². The Hall–Kier alpha value is -4.74. The summed E-state index contributed by atoms with van der Waals surface area (Å²) in [4.78, 5) is 49.1. The summed E-state index contributed by atoms with van der Waals surface area (Å²) >= 11 is 1.11. The van der Waals surface area contributed by atoms with Crippen LogP contribution in [0.3, 0.4) is 0 Å². The Morgan fingerprint density at radius 1 is 1.07 bits per heavy atom. The molecule has 0 aliphatic carbocycles. The van der Waals surface area contributed by atoms with Crippen LogP contribution in [0.4, 0.5) is 21.9 Å². The van der Waals surface area contributed by atoms with Crippen LogP contribution in [-0.2, 0) is 4.79 Å². The van der Waals surface area contributed by atoms with Crippen LogP contribution in [0.15, 0.2) is 79.5 Å². The van der Waals surface area contributed by atoms with Gasteiger partial charge in [-0.05, 0) is 55.0 Å². The highest BCUT2D eigenvalue weighted by Gasteiger charge is 2.44. The summed E-state index contributed by atoms with van der Waals surface area (Å²) in [6.07, 6.45) is 2.09. The van der Waals surface area contributed by atoms with Crippen molar-refractivity contribution in [1.29, 1.82) is 0 Å². The number of thiophene rings is 1. The van der Waals surface area contributed by atoms with Gasteiger partial charge in [-0.2, -0.15) is 0 Å². The van der Waals surface area contributed by atoms with E-state index in [9.17, 15) is 19.5 Å². The number of pyridine rings is 1. The van der Waals surface area contributed by atoms with E-state index in [1.807, 2.05) is 30.3 Å². The van der Waals surface area contributed by atoms with E-state index in [2.05, 4.69) is 11.6 Å². The highest BCUT2D eigenvalue weighted by Crippen LogP contribution is 2.49. The van der Waals surface area contributed by atoms with Gasteiger partial charge in [0.2, 0.25) is 5.91 Å². The van der Waals surface area contributed by atoms with E-state index in [0.717, 1.165) is 11.3 Å². The van der Waals surface area contributed by atoms with Gasteiger partial charge in [-0.3, -0.25) is 19.4 Å². The molecule has 10 nitrogen and oxygen atoms in total. The molecular weight excluding hydrogens is 530 g/mol. The minimum atomic E-state index is -0.875. The van der Waals surface area contributed by atoms with E-state index in [1.54, 1.807) is 41.4 Å². The van der Waals surface area contributed by atoms with Gasteiger partial charge in [0.15, 0.2) is 0 Å². The number of aliphatic hydroxyl groups excluding tert-OH is 1. The molecule has 40 heavy (non-hydrogen) atoms. The van der Waals surface area contributed by atoms with Crippen LogP contribution in [0, 0.1) is 0 Å². The van der Waals surface area contributed by atoms with Gasteiger partial charge in [0.05, 0.1) is 34.6 Å². The number of hydrogen-bond donors (Lipinski definition) is 2. The largest absolute Gasteiger partial charge is 0.457 e. The summed E-state index contributed by atoms with van der Waals surface area (Å²) in [5.74, 6) is 0.236. The van der Waals surface area contributed by atoms with Crippen molar-refractivity contribution in [3.05, 3.63) is 84.4 Å². The molecule has 0 spiro atoms. The van der Waals surface area contributed by atoms with E-state index in [4.69, 9.17) is 10.5 Å². The zero-order chi connectivity index (χ0) is 28.0. The third-order valence-corrected chi connectivity index (χ3v) is 8.08. The van der Waals surface area contributed by atoms with Gasteiger partial charge >= 0.3 is 6.03 Å². The SMILES string of the molecule is C=CC(=O)N1C[C@H](O)C[C@@H](N2C(=O)N(c3ccc(Oc4ccccc4)cc3)c3ccnc4sc(C(N)=O)c2c34)C1. The van der Waals surface area contributed by atoms with Crippen LogP contribution in [-0.4, -0.2) is 58.1 Å². The molecule has 202 valence electrons. The number of piperidine rings is 1. The summed E-state index contributed by atoms with van der Waals surface area (Å²) in [6.45, 7) is 3.82. The number of likely N-dealkylation sites (tertiary alicyclic amines) is 1. The second-order valence-electron chi connectivity index (χ2n) is 9.54. The summed E-state index contributed by atoms with van der Waals surface area (Å²) in [5.41, 5.74) is 7.24. The maximum Gasteiger partial charge on any atom is 0.333 e. The number of ether oxygens (including phenoxy) is 1. The molecule has 6 rings (SSSR count). The molecule has 2 aliphatic rings. The van der Waals surface area contributed by atoms with Gasteiger partial charge in [-0.1, -0.05) is 24.8 Å². The Morgan fingerprint density at radius 2 is 1.80 bits per heavy atom.